The van der Waals surface area contributed by atoms with Crippen molar-refractivity contribution in [3.63, 3.8) is 0 Å². The third-order valence-corrected chi connectivity index (χ3v) is 4.39. The first-order valence-corrected chi connectivity index (χ1v) is 7.65. The standard InChI is InChI=1S/C12H14FNO4S/c13-11-3-1-10(2-4-11)9-19(16,17)8-6-14-5-7-18-12(14)15/h1-4H,5-9H2. The van der Waals surface area contributed by atoms with Crippen LogP contribution in [-0.4, -0.2) is 44.9 Å². The van der Waals surface area contributed by atoms with Gasteiger partial charge in [0.2, 0.25) is 0 Å². The van der Waals surface area contributed by atoms with Crippen molar-refractivity contribution in [3.8, 4) is 0 Å². The Hall–Kier alpha value is -1.63. The zero-order valence-electron chi connectivity index (χ0n) is 10.2. The Morgan fingerprint density at radius 1 is 1.26 bits per heavy atom. The number of amides is 1. The number of cyclic esters (lactones) is 1. The van der Waals surface area contributed by atoms with Gasteiger partial charge in [-0.3, -0.25) is 0 Å². The molecule has 1 fully saturated rings. The largest absolute Gasteiger partial charge is 0.448 e. The van der Waals surface area contributed by atoms with Crippen molar-refractivity contribution >= 4 is 15.9 Å². The van der Waals surface area contributed by atoms with Gasteiger partial charge >= 0.3 is 6.09 Å². The number of sulfone groups is 1. The second kappa shape index (κ2) is 5.56. The third kappa shape index (κ3) is 3.92. The summed E-state index contributed by atoms with van der Waals surface area (Å²) in [5.41, 5.74) is 0.533. The fourth-order valence-electron chi connectivity index (χ4n) is 1.78. The highest BCUT2D eigenvalue weighted by Crippen LogP contribution is 2.10. The number of carbonyl (C=O) groups excluding carboxylic acids is 1. The second-order valence-corrected chi connectivity index (χ2v) is 6.50. The number of halogens is 1. The fourth-order valence-corrected chi connectivity index (χ4v) is 3.13. The van der Waals surface area contributed by atoms with Crippen LogP contribution in [0.25, 0.3) is 0 Å². The van der Waals surface area contributed by atoms with Crippen molar-refractivity contribution in [3.05, 3.63) is 35.6 Å². The first kappa shape index (κ1) is 13.8. The first-order chi connectivity index (χ1) is 8.96. The lowest BCUT2D eigenvalue weighted by Crippen LogP contribution is -2.30. The van der Waals surface area contributed by atoms with Crippen LogP contribution in [0.2, 0.25) is 0 Å². The molecule has 7 heteroatoms. The van der Waals surface area contributed by atoms with Gasteiger partial charge in [-0.05, 0) is 17.7 Å². The Balaban J connectivity index is 1.91. The van der Waals surface area contributed by atoms with E-state index in [0.29, 0.717) is 18.7 Å². The van der Waals surface area contributed by atoms with Crippen molar-refractivity contribution in [1.82, 2.24) is 4.90 Å². The van der Waals surface area contributed by atoms with Crippen molar-refractivity contribution in [2.24, 2.45) is 0 Å². The van der Waals surface area contributed by atoms with E-state index in [0.717, 1.165) is 0 Å². The van der Waals surface area contributed by atoms with E-state index in [-0.39, 0.29) is 18.1 Å². The molecule has 104 valence electrons. The van der Waals surface area contributed by atoms with Gasteiger partial charge in [0.1, 0.15) is 12.4 Å². The maximum atomic E-state index is 12.7. The summed E-state index contributed by atoms with van der Waals surface area (Å²) >= 11 is 0. The quantitative estimate of drug-likeness (QED) is 0.816. The summed E-state index contributed by atoms with van der Waals surface area (Å²) < 4.78 is 41.2. The summed E-state index contributed by atoms with van der Waals surface area (Å²) in [6.45, 7) is 0.851. The number of hydrogen-bond acceptors (Lipinski definition) is 4. The van der Waals surface area contributed by atoms with Gasteiger partial charge in [-0.1, -0.05) is 12.1 Å². The van der Waals surface area contributed by atoms with Crippen LogP contribution >= 0.6 is 0 Å². The van der Waals surface area contributed by atoms with Crippen molar-refractivity contribution in [1.29, 1.82) is 0 Å². The van der Waals surface area contributed by atoms with Crippen molar-refractivity contribution in [2.75, 3.05) is 25.4 Å². The normalized spacial score (nSPS) is 15.6. The highest BCUT2D eigenvalue weighted by molar-refractivity contribution is 7.90. The van der Waals surface area contributed by atoms with E-state index in [1.165, 1.54) is 29.2 Å². The smallest absolute Gasteiger partial charge is 0.409 e. The van der Waals surface area contributed by atoms with Crippen LogP contribution < -0.4 is 0 Å². The molecule has 0 saturated carbocycles. The van der Waals surface area contributed by atoms with Crippen LogP contribution in [0.3, 0.4) is 0 Å². The number of nitrogens with zero attached hydrogens (tertiary/aromatic N) is 1. The van der Waals surface area contributed by atoms with E-state index in [2.05, 4.69) is 0 Å². The van der Waals surface area contributed by atoms with E-state index >= 15 is 0 Å². The highest BCUT2D eigenvalue weighted by Gasteiger charge is 2.23. The molecule has 1 aromatic rings. The lowest BCUT2D eigenvalue weighted by Gasteiger charge is -2.12. The van der Waals surface area contributed by atoms with E-state index in [9.17, 15) is 17.6 Å². The van der Waals surface area contributed by atoms with E-state index in [1.54, 1.807) is 0 Å². The minimum Gasteiger partial charge on any atom is -0.448 e. The summed E-state index contributed by atoms with van der Waals surface area (Å²) in [5, 5.41) is 0. The molecule has 1 aliphatic heterocycles. The molecule has 1 aliphatic rings. The Morgan fingerprint density at radius 2 is 1.95 bits per heavy atom. The predicted molar refractivity (Wildman–Crippen MR) is 66.8 cm³/mol. The minimum atomic E-state index is -3.33. The fraction of sp³-hybridized carbons (Fsp3) is 0.417. The molecular formula is C12H14FNO4S. The van der Waals surface area contributed by atoms with E-state index in [1.807, 2.05) is 0 Å². The molecule has 0 N–H and O–H groups in total. The molecular weight excluding hydrogens is 273 g/mol. The zero-order valence-corrected chi connectivity index (χ0v) is 11.0. The van der Waals surface area contributed by atoms with Crippen LogP contribution in [0.4, 0.5) is 9.18 Å². The second-order valence-electron chi connectivity index (χ2n) is 4.32. The number of carbonyl (C=O) groups is 1. The molecule has 1 saturated heterocycles. The zero-order chi connectivity index (χ0) is 13.9. The number of benzene rings is 1. The molecule has 0 aromatic heterocycles. The summed E-state index contributed by atoms with van der Waals surface area (Å²) in [6, 6.07) is 5.33. The molecule has 1 amide bonds. The van der Waals surface area contributed by atoms with Gasteiger partial charge in [-0.2, -0.15) is 0 Å². The van der Waals surface area contributed by atoms with Gasteiger partial charge in [0.25, 0.3) is 0 Å². The van der Waals surface area contributed by atoms with Gasteiger partial charge in [0, 0.05) is 6.54 Å². The number of ether oxygens (including phenoxy) is 1. The SMILES string of the molecule is O=C1OCCN1CCS(=O)(=O)Cc1ccc(F)cc1. The molecule has 2 rings (SSSR count). The molecule has 19 heavy (non-hydrogen) atoms. The third-order valence-electron chi connectivity index (χ3n) is 2.82. The topological polar surface area (TPSA) is 63.7 Å². The van der Waals surface area contributed by atoms with E-state index < -0.39 is 21.7 Å². The van der Waals surface area contributed by atoms with Gasteiger partial charge in [-0.15, -0.1) is 0 Å². The predicted octanol–water partition coefficient (Wildman–Crippen LogP) is 1.19. The molecule has 0 aliphatic carbocycles. The summed E-state index contributed by atoms with van der Waals surface area (Å²) in [5.74, 6) is -0.684. The Labute approximate surface area is 110 Å². The number of hydrogen-bond donors (Lipinski definition) is 0. The molecule has 0 atom stereocenters. The van der Waals surface area contributed by atoms with Crippen LogP contribution in [-0.2, 0) is 20.3 Å². The molecule has 0 spiro atoms. The molecule has 0 bridgehead atoms. The van der Waals surface area contributed by atoms with Crippen LogP contribution in [0, 0.1) is 5.82 Å². The summed E-state index contributed by atoms with van der Waals surface area (Å²) in [4.78, 5) is 12.5. The Bertz CT molecular complexity index is 556. The monoisotopic (exact) mass is 287 g/mol. The van der Waals surface area contributed by atoms with Gasteiger partial charge in [-0.25, -0.2) is 17.6 Å². The van der Waals surface area contributed by atoms with Crippen molar-refractivity contribution < 1.29 is 22.3 Å². The molecule has 5 nitrogen and oxygen atoms in total. The van der Waals surface area contributed by atoms with Gasteiger partial charge < -0.3 is 9.64 Å². The van der Waals surface area contributed by atoms with Gasteiger partial charge in [0.15, 0.2) is 9.84 Å². The van der Waals surface area contributed by atoms with Crippen LogP contribution in [0.5, 0.6) is 0 Å². The lowest BCUT2D eigenvalue weighted by molar-refractivity contribution is 0.160. The van der Waals surface area contributed by atoms with E-state index in [4.69, 9.17) is 4.74 Å². The summed E-state index contributed by atoms with van der Waals surface area (Å²) in [6.07, 6.45) is -0.475. The maximum Gasteiger partial charge on any atom is 0.409 e. The van der Waals surface area contributed by atoms with Gasteiger partial charge in [0.05, 0.1) is 18.1 Å². The molecule has 1 heterocycles. The molecule has 0 radical (unpaired) electrons. The average Bonchev–Trinajstić information content (AvgIpc) is 2.75. The van der Waals surface area contributed by atoms with Crippen LogP contribution in [0.15, 0.2) is 24.3 Å². The maximum absolute atomic E-state index is 12.7. The Kier molecular flexibility index (Phi) is 4.04. The van der Waals surface area contributed by atoms with Crippen molar-refractivity contribution in [2.45, 2.75) is 5.75 Å². The Morgan fingerprint density at radius 3 is 2.53 bits per heavy atom. The minimum absolute atomic E-state index is 0.126. The average molecular weight is 287 g/mol. The lowest BCUT2D eigenvalue weighted by atomic mass is 10.2. The molecule has 0 unspecified atom stereocenters. The summed E-state index contributed by atoms with van der Waals surface area (Å²) in [7, 11) is -3.33. The first-order valence-electron chi connectivity index (χ1n) is 5.83. The van der Waals surface area contributed by atoms with Crippen LogP contribution in [0.1, 0.15) is 5.56 Å². The highest BCUT2D eigenvalue weighted by atomic mass is 32.2. The number of rotatable bonds is 5. The molecule has 1 aromatic carbocycles.